The number of nitrogen functional groups attached to an aromatic ring is 1. The standard InChI is InChI=1S/C9H6ClFN2O/c10-7-3-5(11)1-2-6(7)9-8(12)4-13-14-9/h1-4H,12H2. The summed E-state index contributed by atoms with van der Waals surface area (Å²) in [5.41, 5.74) is 6.48. The summed E-state index contributed by atoms with van der Waals surface area (Å²) >= 11 is 5.81. The minimum atomic E-state index is -0.406. The summed E-state index contributed by atoms with van der Waals surface area (Å²) in [6.07, 6.45) is 1.37. The molecule has 0 unspecified atom stereocenters. The van der Waals surface area contributed by atoms with E-state index in [4.69, 9.17) is 21.9 Å². The van der Waals surface area contributed by atoms with Crippen molar-refractivity contribution in [2.45, 2.75) is 0 Å². The molecule has 0 saturated carbocycles. The zero-order valence-corrected chi connectivity index (χ0v) is 7.75. The molecule has 0 bridgehead atoms. The van der Waals surface area contributed by atoms with Crippen molar-refractivity contribution in [1.82, 2.24) is 5.16 Å². The Morgan fingerprint density at radius 1 is 1.43 bits per heavy atom. The van der Waals surface area contributed by atoms with Gasteiger partial charge in [-0.15, -0.1) is 0 Å². The average molecular weight is 213 g/mol. The van der Waals surface area contributed by atoms with Crippen molar-refractivity contribution in [3.05, 3.63) is 35.2 Å². The predicted octanol–water partition coefficient (Wildman–Crippen LogP) is 2.72. The number of anilines is 1. The smallest absolute Gasteiger partial charge is 0.191 e. The highest BCUT2D eigenvalue weighted by molar-refractivity contribution is 6.33. The summed E-state index contributed by atoms with van der Waals surface area (Å²) in [6, 6.07) is 3.97. The lowest BCUT2D eigenvalue weighted by molar-refractivity contribution is 0.432. The lowest BCUT2D eigenvalue weighted by Gasteiger charge is -2.00. The van der Waals surface area contributed by atoms with E-state index in [2.05, 4.69) is 5.16 Å². The zero-order valence-electron chi connectivity index (χ0n) is 7.00. The van der Waals surface area contributed by atoms with Gasteiger partial charge in [0.15, 0.2) is 5.76 Å². The number of halogens is 2. The SMILES string of the molecule is Nc1cnoc1-c1ccc(F)cc1Cl. The third kappa shape index (κ3) is 1.44. The summed E-state index contributed by atoms with van der Waals surface area (Å²) in [7, 11) is 0. The molecule has 14 heavy (non-hydrogen) atoms. The van der Waals surface area contributed by atoms with Gasteiger partial charge in [0.25, 0.3) is 0 Å². The predicted molar refractivity (Wildman–Crippen MR) is 51.3 cm³/mol. The Hall–Kier alpha value is -1.55. The van der Waals surface area contributed by atoms with Crippen LogP contribution in [0.5, 0.6) is 0 Å². The molecular formula is C9H6ClFN2O. The summed E-state index contributed by atoms with van der Waals surface area (Å²) in [5.74, 6) is -0.0492. The van der Waals surface area contributed by atoms with Gasteiger partial charge in [-0.05, 0) is 18.2 Å². The molecule has 0 radical (unpaired) electrons. The van der Waals surface area contributed by atoms with Crippen molar-refractivity contribution in [2.24, 2.45) is 0 Å². The van der Waals surface area contributed by atoms with Gasteiger partial charge in [0.05, 0.1) is 11.2 Å². The van der Waals surface area contributed by atoms with Crippen LogP contribution in [-0.4, -0.2) is 5.16 Å². The van der Waals surface area contributed by atoms with Crippen molar-refractivity contribution in [3.63, 3.8) is 0 Å². The average Bonchev–Trinajstić information content (AvgIpc) is 2.52. The van der Waals surface area contributed by atoms with Crippen molar-refractivity contribution in [3.8, 4) is 11.3 Å². The minimum Gasteiger partial charge on any atom is -0.394 e. The van der Waals surface area contributed by atoms with Crippen LogP contribution in [0.2, 0.25) is 5.02 Å². The van der Waals surface area contributed by atoms with Gasteiger partial charge in [0.2, 0.25) is 0 Å². The molecule has 1 aromatic carbocycles. The molecule has 2 N–H and O–H groups in total. The van der Waals surface area contributed by atoms with E-state index in [9.17, 15) is 4.39 Å². The summed E-state index contributed by atoms with van der Waals surface area (Å²) in [6.45, 7) is 0. The molecule has 0 spiro atoms. The Balaban J connectivity index is 2.58. The third-order valence-corrected chi connectivity index (χ3v) is 2.09. The first-order chi connectivity index (χ1) is 6.68. The Bertz CT molecular complexity index is 470. The minimum absolute atomic E-state index is 0.244. The van der Waals surface area contributed by atoms with Gasteiger partial charge in [-0.1, -0.05) is 16.8 Å². The molecule has 0 aliphatic heterocycles. The number of aromatic nitrogens is 1. The summed E-state index contributed by atoms with van der Waals surface area (Å²) in [4.78, 5) is 0. The number of nitrogens with zero attached hydrogens (tertiary/aromatic N) is 1. The monoisotopic (exact) mass is 212 g/mol. The molecule has 0 saturated heterocycles. The second kappa shape index (κ2) is 3.31. The van der Waals surface area contributed by atoms with Gasteiger partial charge < -0.3 is 10.3 Å². The van der Waals surface area contributed by atoms with Crippen LogP contribution in [-0.2, 0) is 0 Å². The maximum Gasteiger partial charge on any atom is 0.191 e. The van der Waals surface area contributed by atoms with E-state index >= 15 is 0 Å². The zero-order chi connectivity index (χ0) is 10.1. The summed E-state index contributed by atoms with van der Waals surface area (Å²) < 4.78 is 17.6. The van der Waals surface area contributed by atoms with Gasteiger partial charge in [-0.25, -0.2) is 4.39 Å². The second-order valence-corrected chi connectivity index (χ2v) is 3.14. The lowest BCUT2D eigenvalue weighted by Crippen LogP contribution is -1.86. The van der Waals surface area contributed by atoms with Gasteiger partial charge in [0.1, 0.15) is 11.5 Å². The van der Waals surface area contributed by atoms with E-state index in [0.29, 0.717) is 17.0 Å². The second-order valence-electron chi connectivity index (χ2n) is 2.73. The maximum absolute atomic E-state index is 12.7. The lowest BCUT2D eigenvalue weighted by atomic mass is 10.1. The Labute approximate surface area is 84.3 Å². The van der Waals surface area contributed by atoms with Crippen LogP contribution in [0.25, 0.3) is 11.3 Å². The van der Waals surface area contributed by atoms with E-state index < -0.39 is 5.82 Å². The highest BCUT2D eigenvalue weighted by atomic mass is 35.5. The fourth-order valence-corrected chi connectivity index (χ4v) is 1.38. The molecule has 0 aliphatic carbocycles. The van der Waals surface area contributed by atoms with E-state index in [1.165, 1.54) is 24.4 Å². The fraction of sp³-hybridized carbons (Fsp3) is 0. The fourth-order valence-electron chi connectivity index (χ4n) is 1.13. The van der Waals surface area contributed by atoms with Crippen molar-refractivity contribution >= 4 is 17.3 Å². The van der Waals surface area contributed by atoms with Crippen LogP contribution >= 0.6 is 11.6 Å². The molecule has 0 atom stereocenters. The molecule has 0 fully saturated rings. The Morgan fingerprint density at radius 2 is 2.21 bits per heavy atom. The van der Waals surface area contributed by atoms with Crippen LogP contribution < -0.4 is 5.73 Å². The van der Waals surface area contributed by atoms with Crippen LogP contribution in [0.4, 0.5) is 10.1 Å². The Kier molecular flexibility index (Phi) is 2.13. The third-order valence-electron chi connectivity index (χ3n) is 1.77. The van der Waals surface area contributed by atoms with Gasteiger partial charge in [0, 0.05) is 5.56 Å². The largest absolute Gasteiger partial charge is 0.394 e. The number of hydrogen-bond donors (Lipinski definition) is 1. The molecule has 5 heteroatoms. The van der Waals surface area contributed by atoms with Crippen LogP contribution in [0.1, 0.15) is 0 Å². The molecule has 1 heterocycles. The molecule has 3 nitrogen and oxygen atoms in total. The van der Waals surface area contributed by atoms with Gasteiger partial charge in [-0.2, -0.15) is 0 Å². The van der Waals surface area contributed by atoms with Crippen molar-refractivity contribution in [2.75, 3.05) is 5.73 Å². The topological polar surface area (TPSA) is 52.0 Å². The molecule has 72 valence electrons. The number of hydrogen-bond acceptors (Lipinski definition) is 3. The van der Waals surface area contributed by atoms with Gasteiger partial charge in [-0.3, -0.25) is 0 Å². The van der Waals surface area contributed by atoms with E-state index in [0.717, 1.165) is 0 Å². The first-order valence-electron chi connectivity index (χ1n) is 3.84. The Morgan fingerprint density at radius 3 is 2.79 bits per heavy atom. The number of rotatable bonds is 1. The first kappa shape index (κ1) is 9.02. The van der Waals surface area contributed by atoms with Gasteiger partial charge >= 0.3 is 0 Å². The summed E-state index contributed by atoms with van der Waals surface area (Å²) in [5, 5.41) is 3.75. The molecule has 0 amide bonds. The number of benzene rings is 1. The van der Waals surface area contributed by atoms with E-state index in [1.54, 1.807) is 0 Å². The van der Waals surface area contributed by atoms with Crippen LogP contribution in [0.15, 0.2) is 28.9 Å². The van der Waals surface area contributed by atoms with Crippen LogP contribution in [0.3, 0.4) is 0 Å². The van der Waals surface area contributed by atoms with Crippen LogP contribution in [0, 0.1) is 5.82 Å². The first-order valence-corrected chi connectivity index (χ1v) is 4.22. The van der Waals surface area contributed by atoms with Crippen molar-refractivity contribution < 1.29 is 8.91 Å². The quantitative estimate of drug-likeness (QED) is 0.791. The molecule has 0 aliphatic rings. The normalized spacial score (nSPS) is 10.4. The van der Waals surface area contributed by atoms with Crippen molar-refractivity contribution in [1.29, 1.82) is 0 Å². The maximum atomic E-state index is 12.7. The van der Waals surface area contributed by atoms with E-state index in [-0.39, 0.29) is 5.02 Å². The molecule has 1 aromatic heterocycles. The molecular weight excluding hydrogens is 207 g/mol. The number of nitrogens with two attached hydrogens (primary N) is 1. The highest BCUT2D eigenvalue weighted by Crippen LogP contribution is 2.31. The van der Waals surface area contributed by atoms with E-state index in [1.807, 2.05) is 0 Å². The highest BCUT2D eigenvalue weighted by Gasteiger charge is 2.11. The molecule has 2 rings (SSSR count). The molecule has 2 aromatic rings.